The molecule has 0 aliphatic carbocycles. The SMILES string of the molecule is CCCNC(C)c1ccc(C)cc1OCCCCO. The van der Waals surface area contributed by atoms with Gasteiger partial charge in [-0.15, -0.1) is 0 Å². The van der Waals surface area contributed by atoms with Gasteiger partial charge < -0.3 is 15.2 Å². The maximum Gasteiger partial charge on any atom is 0.124 e. The van der Waals surface area contributed by atoms with Crippen LogP contribution in [0.25, 0.3) is 0 Å². The van der Waals surface area contributed by atoms with Crippen molar-refractivity contribution in [1.29, 1.82) is 0 Å². The van der Waals surface area contributed by atoms with E-state index in [9.17, 15) is 0 Å². The van der Waals surface area contributed by atoms with Crippen molar-refractivity contribution >= 4 is 0 Å². The van der Waals surface area contributed by atoms with E-state index >= 15 is 0 Å². The predicted octanol–water partition coefficient (Wildman–Crippen LogP) is 3.21. The minimum absolute atomic E-state index is 0.235. The monoisotopic (exact) mass is 265 g/mol. The summed E-state index contributed by atoms with van der Waals surface area (Å²) in [5.41, 5.74) is 2.42. The number of nitrogens with one attached hydrogen (secondary N) is 1. The zero-order valence-corrected chi connectivity index (χ0v) is 12.4. The van der Waals surface area contributed by atoms with Crippen LogP contribution in [0.5, 0.6) is 5.75 Å². The highest BCUT2D eigenvalue weighted by molar-refractivity contribution is 5.39. The summed E-state index contributed by atoms with van der Waals surface area (Å²) in [5, 5.41) is 12.3. The van der Waals surface area contributed by atoms with Gasteiger partial charge >= 0.3 is 0 Å². The number of ether oxygens (including phenoxy) is 1. The number of rotatable bonds is 9. The van der Waals surface area contributed by atoms with Crippen LogP contribution in [0.4, 0.5) is 0 Å². The Bertz CT molecular complexity index is 366. The summed E-state index contributed by atoms with van der Waals surface area (Å²) in [6, 6.07) is 6.66. The quantitative estimate of drug-likeness (QED) is 0.674. The fraction of sp³-hybridized carbons (Fsp3) is 0.625. The molecule has 0 heterocycles. The minimum Gasteiger partial charge on any atom is -0.493 e. The lowest BCUT2D eigenvalue weighted by molar-refractivity contribution is 0.251. The van der Waals surface area contributed by atoms with E-state index in [2.05, 4.69) is 44.3 Å². The van der Waals surface area contributed by atoms with Crippen molar-refractivity contribution < 1.29 is 9.84 Å². The van der Waals surface area contributed by atoms with Crippen LogP contribution in [-0.4, -0.2) is 24.9 Å². The van der Waals surface area contributed by atoms with E-state index in [0.29, 0.717) is 12.6 Å². The van der Waals surface area contributed by atoms with Crippen LogP contribution in [-0.2, 0) is 0 Å². The van der Waals surface area contributed by atoms with Gasteiger partial charge in [0.15, 0.2) is 0 Å². The van der Waals surface area contributed by atoms with Crippen molar-refractivity contribution in [1.82, 2.24) is 5.32 Å². The van der Waals surface area contributed by atoms with Crippen LogP contribution in [0.1, 0.15) is 50.3 Å². The first-order valence-electron chi connectivity index (χ1n) is 7.26. The molecule has 0 fully saturated rings. The van der Waals surface area contributed by atoms with Crippen LogP contribution < -0.4 is 10.1 Å². The number of aliphatic hydroxyl groups is 1. The van der Waals surface area contributed by atoms with E-state index in [1.54, 1.807) is 0 Å². The van der Waals surface area contributed by atoms with Gasteiger partial charge in [-0.25, -0.2) is 0 Å². The largest absolute Gasteiger partial charge is 0.493 e. The van der Waals surface area contributed by atoms with Gasteiger partial charge in [0.25, 0.3) is 0 Å². The van der Waals surface area contributed by atoms with Crippen LogP contribution in [0.15, 0.2) is 18.2 Å². The molecule has 2 N–H and O–H groups in total. The maximum absolute atomic E-state index is 8.78. The van der Waals surface area contributed by atoms with Gasteiger partial charge in [-0.05, 0) is 51.3 Å². The van der Waals surface area contributed by atoms with Crippen molar-refractivity contribution in [2.24, 2.45) is 0 Å². The molecule has 1 aromatic carbocycles. The van der Waals surface area contributed by atoms with Gasteiger partial charge in [-0.2, -0.15) is 0 Å². The predicted molar refractivity (Wildman–Crippen MR) is 79.7 cm³/mol. The molecule has 19 heavy (non-hydrogen) atoms. The summed E-state index contributed by atoms with van der Waals surface area (Å²) in [6.45, 7) is 8.32. The molecule has 0 amide bonds. The van der Waals surface area contributed by atoms with Gasteiger partial charge in [-0.3, -0.25) is 0 Å². The lowest BCUT2D eigenvalue weighted by Gasteiger charge is -2.18. The Labute approximate surface area is 117 Å². The molecule has 3 heteroatoms. The highest BCUT2D eigenvalue weighted by atomic mass is 16.5. The molecule has 1 unspecified atom stereocenters. The molecule has 0 radical (unpaired) electrons. The lowest BCUT2D eigenvalue weighted by atomic mass is 10.0. The molecular formula is C16H27NO2. The first-order valence-corrected chi connectivity index (χ1v) is 7.26. The first-order chi connectivity index (χ1) is 9.19. The van der Waals surface area contributed by atoms with Crippen LogP contribution in [0.2, 0.25) is 0 Å². The van der Waals surface area contributed by atoms with Crippen molar-refractivity contribution in [2.75, 3.05) is 19.8 Å². The van der Waals surface area contributed by atoms with Crippen molar-refractivity contribution in [2.45, 2.75) is 46.1 Å². The fourth-order valence-corrected chi connectivity index (χ4v) is 1.99. The number of aliphatic hydroxyl groups excluding tert-OH is 1. The van der Waals surface area contributed by atoms with Crippen molar-refractivity contribution in [3.63, 3.8) is 0 Å². The minimum atomic E-state index is 0.235. The summed E-state index contributed by atoms with van der Waals surface area (Å²) in [6.07, 6.45) is 2.81. The normalized spacial score (nSPS) is 12.4. The second-order valence-electron chi connectivity index (χ2n) is 5.00. The van der Waals surface area contributed by atoms with Crippen LogP contribution >= 0.6 is 0 Å². The Balaban J connectivity index is 2.67. The van der Waals surface area contributed by atoms with E-state index in [4.69, 9.17) is 9.84 Å². The molecule has 0 spiro atoms. The number of benzene rings is 1. The maximum atomic E-state index is 8.78. The highest BCUT2D eigenvalue weighted by Gasteiger charge is 2.11. The Morgan fingerprint density at radius 3 is 2.79 bits per heavy atom. The summed E-state index contributed by atoms with van der Waals surface area (Å²) < 4.78 is 5.87. The van der Waals surface area contributed by atoms with Gasteiger partial charge in [0.05, 0.1) is 6.61 Å². The van der Waals surface area contributed by atoms with Gasteiger partial charge in [0.1, 0.15) is 5.75 Å². The molecule has 1 rings (SSSR count). The number of hydrogen-bond donors (Lipinski definition) is 2. The Hall–Kier alpha value is -1.06. The molecule has 0 aliphatic rings. The van der Waals surface area contributed by atoms with Crippen LogP contribution in [0.3, 0.4) is 0 Å². The molecule has 1 atom stereocenters. The van der Waals surface area contributed by atoms with E-state index in [1.165, 1.54) is 11.1 Å². The van der Waals surface area contributed by atoms with E-state index < -0.39 is 0 Å². The van der Waals surface area contributed by atoms with E-state index in [-0.39, 0.29) is 6.61 Å². The van der Waals surface area contributed by atoms with Gasteiger partial charge in [0, 0.05) is 18.2 Å². The van der Waals surface area contributed by atoms with Gasteiger partial charge in [0.2, 0.25) is 0 Å². The molecule has 1 aromatic rings. The summed E-state index contributed by atoms with van der Waals surface area (Å²) in [4.78, 5) is 0. The third-order valence-electron chi connectivity index (χ3n) is 3.15. The molecule has 0 saturated heterocycles. The number of hydrogen-bond acceptors (Lipinski definition) is 3. The highest BCUT2D eigenvalue weighted by Crippen LogP contribution is 2.26. The molecule has 0 saturated carbocycles. The third kappa shape index (κ3) is 5.62. The molecule has 0 bridgehead atoms. The van der Waals surface area contributed by atoms with Crippen molar-refractivity contribution in [3.8, 4) is 5.75 Å². The second kappa shape index (κ2) is 8.94. The second-order valence-corrected chi connectivity index (χ2v) is 5.00. The molecule has 3 nitrogen and oxygen atoms in total. The number of aryl methyl sites for hydroxylation is 1. The molecule has 0 aromatic heterocycles. The lowest BCUT2D eigenvalue weighted by Crippen LogP contribution is -2.20. The Kier molecular flexibility index (Phi) is 7.53. The smallest absolute Gasteiger partial charge is 0.124 e. The zero-order valence-electron chi connectivity index (χ0n) is 12.4. The summed E-state index contributed by atoms with van der Waals surface area (Å²) >= 11 is 0. The van der Waals surface area contributed by atoms with E-state index in [1.807, 2.05) is 0 Å². The molecule has 0 aliphatic heterocycles. The topological polar surface area (TPSA) is 41.5 Å². The Morgan fingerprint density at radius 2 is 2.11 bits per heavy atom. The first kappa shape index (κ1) is 16.0. The van der Waals surface area contributed by atoms with Gasteiger partial charge in [-0.1, -0.05) is 19.1 Å². The summed E-state index contributed by atoms with van der Waals surface area (Å²) in [7, 11) is 0. The average Bonchev–Trinajstić information content (AvgIpc) is 2.41. The van der Waals surface area contributed by atoms with Crippen molar-refractivity contribution in [3.05, 3.63) is 29.3 Å². The molecular weight excluding hydrogens is 238 g/mol. The number of unbranched alkanes of at least 4 members (excludes halogenated alkanes) is 1. The average molecular weight is 265 g/mol. The van der Waals surface area contributed by atoms with E-state index in [0.717, 1.165) is 31.6 Å². The zero-order chi connectivity index (χ0) is 14.1. The fourth-order valence-electron chi connectivity index (χ4n) is 1.99. The van der Waals surface area contributed by atoms with Crippen LogP contribution in [0, 0.1) is 6.92 Å². The Morgan fingerprint density at radius 1 is 1.32 bits per heavy atom. The third-order valence-corrected chi connectivity index (χ3v) is 3.15. The summed E-state index contributed by atoms with van der Waals surface area (Å²) in [5.74, 6) is 0.967. The standard InChI is InChI=1S/C16H27NO2/c1-4-9-17-14(3)15-8-7-13(2)12-16(15)19-11-6-5-10-18/h7-8,12,14,17-18H,4-6,9-11H2,1-3H3. The molecule has 108 valence electrons.